The molecule has 102 valence electrons. The lowest BCUT2D eigenvalue weighted by Crippen LogP contribution is -2.41. The topological polar surface area (TPSA) is 46.6 Å². The van der Waals surface area contributed by atoms with Crippen molar-refractivity contribution in [2.75, 3.05) is 19.7 Å². The van der Waals surface area contributed by atoms with Gasteiger partial charge in [-0.1, -0.05) is 17.7 Å². The Morgan fingerprint density at radius 2 is 2.05 bits per heavy atom. The standard InChI is InChI=1S/C14H16ClNO3/c1-10-2-3-11(15)8-13(10)19-9-14(18)16-6-4-12(17)5-7-16/h2-3,8H,4-7,9H2,1H3. The number of aryl methyl sites for hydroxylation is 1. The summed E-state index contributed by atoms with van der Waals surface area (Å²) in [5.41, 5.74) is 0.936. The van der Waals surface area contributed by atoms with Crippen LogP contribution in [0.4, 0.5) is 0 Å². The van der Waals surface area contributed by atoms with Crippen LogP contribution >= 0.6 is 11.6 Å². The molecule has 0 aliphatic carbocycles. The molecule has 1 amide bonds. The smallest absolute Gasteiger partial charge is 0.260 e. The van der Waals surface area contributed by atoms with Crippen LogP contribution in [0.25, 0.3) is 0 Å². The molecule has 1 aromatic carbocycles. The summed E-state index contributed by atoms with van der Waals surface area (Å²) in [5, 5.41) is 0.580. The van der Waals surface area contributed by atoms with E-state index < -0.39 is 0 Å². The summed E-state index contributed by atoms with van der Waals surface area (Å²) in [4.78, 5) is 24.7. The molecule has 1 heterocycles. The summed E-state index contributed by atoms with van der Waals surface area (Å²) in [6.07, 6.45) is 0.893. The van der Waals surface area contributed by atoms with Crippen LogP contribution in [0.1, 0.15) is 18.4 Å². The molecule has 0 unspecified atom stereocenters. The molecule has 0 saturated carbocycles. The fraction of sp³-hybridized carbons (Fsp3) is 0.429. The Kier molecular flexibility index (Phi) is 4.43. The van der Waals surface area contributed by atoms with Gasteiger partial charge in [0.25, 0.3) is 5.91 Å². The number of carbonyl (C=O) groups is 2. The molecule has 5 heteroatoms. The van der Waals surface area contributed by atoms with E-state index in [0.29, 0.717) is 36.7 Å². The number of likely N-dealkylation sites (tertiary alicyclic amines) is 1. The van der Waals surface area contributed by atoms with Crippen LogP contribution in [0.3, 0.4) is 0 Å². The first-order chi connectivity index (χ1) is 9.06. The zero-order chi connectivity index (χ0) is 13.8. The number of benzene rings is 1. The van der Waals surface area contributed by atoms with E-state index >= 15 is 0 Å². The van der Waals surface area contributed by atoms with Gasteiger partial charge in [0, 0.05) is 31.0 Å². The first-order valence-corrected chi connectivity index (χ1v) is 6.62. The zero-order valence-electron chi connectivity index (χ0n) is 10.8. The lowest BCUT2D eigenvalue weighted by molar-refractivity contribution is -0.136. The molecular weight excluding hydrogens is 266 g/mol. The molecule has 1 fully saturated rings. The summed E-state index contributed by atoms with van der Waals surface area (Å²) in [6.45, 7) is 2.87. The number of amides is 1. The van der Waals surface area contributed by atoms with Gasteiger partial charge in [-0.3, -0.25) is 9.59 Å². The number of hydrogen-bond donors (Lipinski definition) is 0. The molecule has 1 aliphatic rings. The maximum Gasteiger partial charge on any atom is 0.260 e. The highest BCUT2D eigenvalue weighted by Gasteiger charge is 2.21. The highest BCUT2D eigenvalue weighted by atomic mass is 35.5. The van der Waals surface area contributed by atoms with Gasteiger partial charge in [0.05, 0.1) is 0 Å². The lowest BCUT2D eigenvalue weighted by atomic mass is 10.1. The maximum absolute atomic E-state index is 11.9. The Morgan fingerprint density at radius 3 is 2.74 bits per heavy atom. The van der Waals surface area contributed by atoms with E-state index in [1.165, 1.54) is 0 Å². The molecule has 0 spiro atoms. The highest BCUT2D eigenvalue weighted by Crippen LogP contribution is 2.22. The van der Waals surface area contributed by atoms with E-state index in [1.807, 2.05) is 13.0 Å². The monoisotopic (exact) mass is 281 g/mol. The fourth-order valence-electron chi connectivity index (χ4n) is 1.97. The summed E-state index contributed by atoms with van der Waals surface area (Å²) in [5.74, 6) is 0.747. The first kappa shape index (κ1) is 13.9. The molecule has 0 atom stereocenters. The molecule has 4 nitrogen and oxygen atoms in total. The first-order valence-electron chi connectivity index (χ1n) is 6.24. The Labute approximate surface area is 117 Å². The fourth-order valence-corrected chi connectivity index (χ4v) is 2.13. The van der Waals surface area contributed by atoms with Gasteiger partial charge in [0.2, 0.25) is 0 Å². The number of hydrogen-bond acceptors (Lipinski definition) is 3. The Hall–Kier alpha value is -1.55. The average Bonchev–Trinajstić information content (AvgIpc) is 2.40. The number of piperidine rings is 1. The molecule has 1 aromatic rings. The van der Waals surface area contributed by atoms with Crippen LogP contribution in [0.15, 0.2) is 18.2 Å². The van der Waals surface area contributed by atoms with E-state index in [0.717, 1.165) is 5.56 Å². The van der Waals surface area contributed by atoms with Crippen LogP contribution in [-0.2, 0) is 9.59 Å². The highest BCUT2D eigenvalue weighted by molar-refractivity contribution is 6.30. The van der Waals surface area contributed by atoms with Gasteiger partial charge in [-0.05, 0) is 24.6 Å². The lowest BCUT2D eigenvalue weighted by Gasteiger charge is -2.26. The summed E-state index contributed by atoms with van der Waals surface area (Å²) >= 11 is 5.88. The van der Waals surface area contributed by atoms with Gasteiger partial charge in [0.15, 0.2) is 6.61 Å². The van der Waals surface area contributed by atoms with E-state index in [9.17, 15) is 9.59 Å². The summed E-state index contributed by atoms with van der Waals surface area (Å²) in [7, 11) is 0. The number of carbonyl (C=O) groups excluding carboxylic acids is 2. The SMILES string of the molecule is Cc1ccc(Cl)cc1OCC(=O)N1CCC(=O)CC1. The molecule has 1 saturated heterocycles. The second-order valence-electron chi connectivity index (χ2n) is 4.62. The second kappa shape index (κ2) is 6.06. The average molecular weight is 282 g/mol. The van der Waals surface area contributed by atoms with Crippen molar-refractivity contribution in [1.82, 2.24) is 4.90 Å². The molecule has 0 bridgehead atoms. The van der Waals surface area contributed by atoms with Crippen molar-refractivity contribution in [3.05, 3.63) is 28.8 Å². The molecule has 0 aromatic heterocycles. The van der Waals surface area contributed by atoms with Crippen LogP contribution in [-0.4, -0.2) is 36.3 Å². The Balaban J connectivity index is 1.89. The maximum atomic E-state index is 11.9. The van der Waals surface area contributed by atoms with Crippen molar-refractivity contribution in [2.45, 2.75) is 19.8 Å². The van der Waals surface area contributed by atoms with Crippen LogP contribution in [0.5, 0.6) is 5.75 Å². The van der Waals surface area contributed by atoms with Crippen molar-refractivity contribution >= 4 is 23.3 Å². The molecule has 2 rings (SSSR count). The third kappa shape index (κ3) is 3.70. The molecule has 19 heavy (non-hydrogen) atoms. The number of halogens is 1. The number of ketones is 1. The van der Waals surface area contributed by atoms with Crippen molar-refractivity contribution in [3.63, 3.8) is 0 Å². The predicted octanol–water partition coefficient (Wildman–Crippen LogP) is 2.22. The Morgan fingerprint density at radius 1 is 1.37 bits per heavy atom. The quantitative estimate of drug-likeness (QED) is 0.853. The number of ether oxygens (including phenoxy) is 1. The van der Waals surface area contributed by atoms with E-state index in [-0.39, 0.29) is 18.3 Å². The number of nitrogens with zero attached hydrogens (tertiary/aromatic N) is 1. The van der Waals surface area contributed by atoms with Crippen molar-refractivity contribution in [1.29, 1.82) is 0 Å². The van der Waals surface area contributed by atoms with Gasteiger partial charge < -0.3 is 9.64 Å². The molecule has 0 N–H and O–H groups in total. The summed E-state index contributed by atoms with van der Waals surface area (Å²) < 4.78 is 5.50. The largest absolute Gasteiger partial charge is 0.483 e. The van der Waals surface area contributed by atoms with E-state index in [1.54, 1.807) is 17.0 Å². The van der Waals surface area contributed by atoms with E-state index in [4.69, 9.17) is 16.3 Å². The predicted molar refractivity (Wildman–Crippen MR) is 72.5 cm³/mol. The molecular formula is C14H16ClNO3. The van der Waals surface area contributed by atoms with Gasteiger partial charge in [-0.15, -0.1) is 0 Å². The van der Waals surface area contributed by atoms with E-state index in [2.05, 4.69) is 0 Å². The van der Waals surface area contributed by atoms with Crippen molar-refractivity contribution in [3.8, 4) is 5.75 Å². The van der Waals surface area contributed by atoms with Crippen LogP contribution < -0.4 is 4.74 Å². The number of Topliss-reactive ketones (excluding diaryl/α,β-unsaturated/α-hetero) is 1. The minimum Gasteiger partial charge on any atom is -0.483 e. The molecule has 1 aliphatic heterocycles. The summed E-state index contributed by atoms with van der Waals surface area (Å²) in [6, 6.07) is 5.33. The van der Waals surface area contributed by atoms with Crippen LogP contribution in [0, 0.1) is 6.92 Å². The van der Waals surface area contributed by atoms with Crippen molar-refractivity contribution < 1.29 is 14.3 Å². The second-order valence-corrected chi connectivity index (χ2v) is 5.05. The van der Waals surface area contributed by atoms with Gasteiger partial charge in [0.1, 0.15) is 11.5 Å². The normalized spacial score (nSPS) is 15.5. The van der Waals surface area contributed by atoms with Gasteiger partial charge in [-0.2, -0.15) is 0 Å². The zero-order valence-corrected chi connectivity index (χ0v) is 11.6. The van der Waals surface area contributed by atoms with Gasteiger partial charge in [-0.25, -0.2) is 0 Å². The molecule has 0 radical (unpaired) electrons. The third-order valence-electron chi connectivity index (χ3n) is 3.18. The minimum atomic E-state index is -0.0909. The Bertz CT molecular complexity index is 491. The van der Waals surface area contributed by atoms with Gasteiger partial charge >= 0.3 is 0 Å². The van der Waals surface area contributed by atoms with Crippen LogP contribution in [0.2, 0.25) is 5.02 Å². The number of rotatable bonds is 3. The third-order valence-corrected chi connectivity index (χ3v) is 3.41. The minimum absolute atomic E-state index is 0.0185. The van der Waals surface area contributed by atoms with Crippen molar-refractivity contribution in [2.24, 2.45) is 0 Å².